The summed E-state index contributed by atoms with van der Waals surface area (Å²) >= 11 is 0. The Balaban J connectivity index is 2.11. The van der Waals surface area contributed by atoms with Crippen LogP contribution in [0.3, 0.4) is 0 Å². The first-order valence-corrected chi connectivity index (χ1v) is 8.25. The molecule has 2 rings (SSSR count). The standard InChI is InChI=1S/C15H18FNO4S/c1-15(2,3)21-14(18)17-9-11(10-17)13(16)22(19,20)12-7-5-4-6-8-12/h4-8H,9-10H2,1-3H3. The molecule has 1 saturated heterocycles. The number of ether oxygens (including phenoxy) is 1. The van der Waals surface area contributed by atoms with Crippen LogP contribution in [0.1, 0.15) is 20.8 Å². The lowest BCUT2D eigenvalue weighted by atomic mass is 10.1. The Morgan fingerprint density at radius 3 is 2.23 bits per heavy atom. The fourth-order valence-corrected chi connectivity index (χ4v) is 3.12. The molecule has 0 aromatic heterocycles. The fraction of sp³-hybridized carbons (Fsp3) is 0.400. The first-order valence-electron chi connectivity index (χ1n) is 6.77. The second kappa shape index (κ2) is 5.72. The Labute approximate surface area is 129 Å². The van der Waals surface area contributed by atoms with Crippen LogP contribution in [0.25, 0.3) is 0 Å². The minimum absolute atomic E-state index is 0.0766. The summed E-state index contributed by atoms with van der Waals surface area (Å²) in [6.45, 7) is 5.02. The molecule has 120 valence electrons. The number of halogens is 1. The van der Waals surface area contributed by atoms with Crippen LogP contribution in [-0.2, 0) is 14.6 Å². The highest BCUT2D eigenvalue weighted by Crippen LogP contribution is 2.28. The minimum Gasteiger partial charge on any atom is -0.444 e. The Morgan fingerprint density at radius 2 is 1.73 bits per heavy atom. The number of hydrogen-bond acceptors (Lipinski definition) is 4. The van der Waals surface area contributed by atoms with Crippen molar-refractivity contribution < 1.29 is 22.3 Å². The molecule has 0 aliphatic carbocycles. The maximum atomic E-state index is 14.2. The molecule has 22 heavy (non-hydrogen) atoms. The zero-order valence-electron chi connectivity index (χ0n) is 12.7. The smallest absolute Gasteiger partial charge is 0.410 e. The highest BCUT2D eigenvalue weighted by Gasteiger charge is 2.35. The maximum Gasteiger partial charge on any atom is 0.410 e. The van der Waals surface area contributed by atoms with E-state index in [-0.39, 0.29) is 23.6 Å². The van der Waals surface area contributed by atoms with Gasteiger partial charge in [0.05, 0.1) is 18.0 Å². The highest BCUT2D eigenvalue weighted by atomic mass is 32.2. The van der Waals surface area contributed by atoms with Gasteiger partial charge in [-0.1, -0.05) is 18.2 Å². The van der Waals surface area contributed by atoms with Crippen molar-refractivity contribution >= 4 is 15.9 Å². The summed E-state index contributed by atoms with van der Waals surface area (Å²) in [4.78, 5) is 12.9. The molecule has 1 amide bonds. The first-order chi connectivity index (χ1) is 10.1. The number of sulfone groups is 1. The normalized spacial score (nSPS) is 15.3. The minimum atomic E-state index is -4.15. The van der Waals surface area contributed by atoms with Crippen LogP contribution in [0.5, 0.6) is 0 Å². The van der Waals surface area contributed by atoms with E-state index in [0.717, 1.165) is 0 Å². The van der Waals surface area contributed by atoms with Crippen molar-refractivity contribution in [3.05, 3.63) is 41.1 Å². The van der Waals surface area contributed by atoms with Gasteiger partial charge >= 0.3 is 6.09 Å². The number of benzene rings is 1. The van der Waals surface area contributed by atoms with Crippen molar-refractivity contribution in [1.82, 2.24) is 4.90 Å². The summed E-state index contributed by atoms with van der Waals surface area (Å²) in [6.07, 6.45) is -0.582. The van der Waals surface area contributed by atoms with E-state index in [0.29, 0.717) is 0 Å². The van der Waals surface area contributed by atoms with Crippen LogP contribution in [-0.4, -0.2) is 38.1 Å². The van der Waals surface area contributed by atoms with Crippen molar-refractivity contribution in [2.75, 3.05) is 13.1 Å². The molecule has 1 fully saturated rings. The predicted octanol–water partition coefficient (Wildman–Crippen LogP) is 2.89. The van der Waals surface area contributed by atoms with E-state index in [2.05, 4.69) is 0 Å². The number of carbonyl (C=O) groups is 1. The fourth-order valence-electron chi connectivity index (χ4n) is 1.89. The average molecular weight is 327 g/mol. The van der Waals surface area contributed by atoms with Crippen LogP contribution < -0.4 is 0 Å². The van der Waals surface area contributed by atoms with Crippen LogP contribution in [0.4, 0.5) is 9.18 Å². The summed E-state index contributed by atoms with van der Waals surface area (Å²) in [5.41, 5.74) is -0.569. The van der Waals surface area contributed by atoms with Crippen LogP contribution >= 0.6 is 0 Å². The van der Waals surface area contributed by atoms with Gasteiger partial charge < -0.3 is 4.74 Å². The molecular weight excluding hydrogens is 309 g/mol. The van der Waals surface area contributed by atoms with Crippen LogP contribution in [0.15, 0.2) is 46.0 Å². The van der Waals surface area contributed by atoms with Gasteiger partial charge in [0.25, 0.3) is 0 Å². The SMILES string of the molecule is CC(C)(C)OC(=O)N1CC(=C(F)S(=O)(=O)c2ccccc2)C1. The van der Waals surface area contributed by atoms with Crippen molar-refractivity contribution in [1.29, 1.82) is 0 Å². The molecule has 0 saturated carbocycles. The Hall–Kier alpha value is -1.89. The average Bonchev–Trinajstić information content (AvgIpc) is 2.35. The third-order valence-electron chi connectivity index (χ3n) is 2.98. The summed E-state index contributed by atoms with van der Waals surface area (Å²) in [5.74, 6) is 0. The predicted molar refractivity (Wildman–Crippen MR) is 79.6 cm³/mol. The molecular formula is C15H18FNO4S. The lowest BCUT2D eigenvalue weighted by Gasteiger charge is -2.35. The van der Waals surface area contributed by atoms with Crippen molar-refractivity contribution in [2.24, 2.45) is 0 Å². The maximum absolute atomic E-state index is 14.2. The summed E-state index contributed by atoms with van der Waals surface area (Å²) in [6, 6.07) is 7.37. The zero-order valence-corrected chi connectivity index (χ0v) is 13.5. The number of amides is 1. The van der Waals surface area contributed by atoms with Gasteiger partial charge in [-0.05, 0) is 32.9 Å². The molecule has 0 unspecified atom stereocenters. The lowest BCUT2D eigenvalue weighted by Crippen LogP contribution is -2.47. The van der Waals surface area contributed by atoms with E-state index in [1.165, 1.54) is 29.2 Å². The second-order valence-corrected chi connectivity index (χ2v) is 7.87. The number of likely N-dealkylation sites (tertiary alicyclic amines) is 1. The Morgan fingerprint density at radius 1 is 1.18 bits per heavy atom. The van der Waals surface area contributed by atoms with Crippen LogP contribution in [0, 0.1) is 0 Å². The monoisotopic (exact) mass is 327 g/mol. The number of carbonyl (C=O) groups excluding carboxylic acids is 1. The highest BCUT2D eigenvalue weighted by molar-refractivity contribution is 7.95. The van der Waals surface area contributed by atoms with Gasteiger partial charge in [-0.2, -0.15) is 4.39 Å². The van der Waals surface area contributed by atoms with E-state index in [4.69, 9.17) is 4.74 Å². The van der Waals surface area contributed by atoms with Gasteiger partial charge in [0, 0.05) is 5.57 Å². The molecule has 0 atom stereocenters. The quantitative estimate of drug-likeness (QED) is 0.838. The van der Waals surface area contributed by atoms with E-state index in [9.17, 15) is 17.6 Å². The zero-order chi connectivity index (χ0) is 16.5. The molecule has 7 heteroatoms. The van der Waals surface area contributed by atoms with Gasteiger partial charge in [-0.3, -0.25) is 4.90 Å². The third kappa shape index (κ3) is 3.47. The molecule has 1 heterocycles. The van der Waals surface area contributed by atoms with Gasteiger partial charge in [-0.15, -0.1) is 0 Å². The molecule has 0 spiro atoms. The molecule has 1 aromatic rings. The first kappa shape index (κ1) is 16.5. The summed E-state index contributed by atoms with van der Waals surface area (Å²) in [5, 5.41) is -1.18. The molecule has 0 radical (unpaired) electrons. The van der Waals surface area contributed by atoms with Crippen molar-refractivity contribution in [2.45, 2.75) is 31.3 Å². The summed E-state index contributed by atoms with van der Waals surface area (Å²) < 4.78 is 43.5. The number of nitrogens with zero attached hydrogens (tertiary/aromatic N) is 1. The van der Waals surface area contributed by atoms with Crippen LogP contribution in [0.2, 0.25) is 0 Å². The van der Waals surface area contributed by atoms with E-state index in [1.54, 1.807) is 26.8 Å². The van der Waals surface area contributed by atoms with E-state index in [1.807, 2.05) is 0 Å². The lowest BCUT2D eigenvalue weighted by molar-refractivity contribution is 0.0211. The Bertz CT molecular complexity index is 697. The summed E-state index contributed by atoms with van der Waals surface area (Å²) in [7, 11) is -4.15. The molecule has 1 aliphatic rings. The number of rotatable bonds is 2. The molecule has 0 N–H and O–H groups in total. The topological polar surface area (TPSA) is 63.7 Å². The van der Waals surface area contributed by atoms with Gasteiger partial charge in [0.1, 0.15) is 5.60 Å². The van der Waals surface area contributed by atoms with Crippen molar-refractivity contribution in [3.8, 4) is 0 Å². The molecule has 1 aliphatic heterocycles. The molecule has 5 nitrogen and oxygen atoms in total. The van der Waals surface area contributed by atoms with Gasteiger partial charge in [0.2, 0.25) is 15.0 Å². The van der Waals surface area contributed by atoms with E-state index < -0.39 is 26.7 Å². The van der Waals surface area contributed by atoms with E-state index >= 15 is 0 Å². The number of hydrogen-bond donors (Lipinski definition) is 0. The van der Waals surface area contributed by atoms with Gasteiger partial charge in [-0.25, -0.2) is 13.2 Å². The third-order valence-corrected chi connectivity index (χ3v) is 4.64. The second-order valence-electron chi connectivity index (χ2n) is 6.03. The molecule has 0 bridgehead atoms. The largest absolute Gasteiger partial charge is 0.444 e. The van der Waals surface area contributed by atoms with Crippen molar-refractivity contribution in [3.63, 3.8) is 0 Å². The Kier molecular flexibility index (Phi) is 4.28. The van der Waals surface area contributed by atoms with Gasteiger partial charge in [0.15, 0.2) is 0 Å². The molecule has 1 aromatic carbocycles.